The Morgan fingerprint density at radius 1 is 1.20 bits per heavy atom. The second kappa shape index (κ2) is 9.43. The van der Waals surface area contributed by atoms with E-state index in [0.29, 0.717) is 9.04 Å². The van der Waals surface area contributed by atoms with E-state index in [1.807, 2.05) is 0 Å². The van der Waals surface area contributed by atoms with Gasteiger partial charge in [0.05, 0.1) is 0 Å². The molecule has 0 aliphatic rings. The van der Waals surface area contributed by atoms with Crippen LogP contribution in [0.15, 0.2) is 0 Å². The number of unbranched alkanes of at least 4 members (excludes halogenated alkanes) is 5. The van der Waals surface area contributed by atoms with Crippen LogP contribution < -0.4 is 0 Å². The minimum atomic E-state index is 0.388. The fourth-order valence-corrected chi connectivity index (χ4v) is 3.02. The summed E-state index contributed by atoms with van der Waals surface area (Å²) in [7, 11) is 1.88. The molecule has 0 heterocycles. The molecule has 0 nitrogen and oxygen atoms in total. The van der Waals surface area contributed by atoms with Gasteiger partial charge in [-0.2, -0.15) is 0 Å². The SMILES string of the molecule is CCCCCCC[CH][SiH2][SiH3]. The van der Waals surface area contributed by atoms with E-state index in [1.54, 1.807) is 0 Å². The van der Waals surface area contributed by atoms with Crippen molar-refractivity contribution < 1.29 is 0 Å². The van der Waals surface area contributed by atoms with Gasteiger partial charge in [-0.1, -0.05) is 51.5 Å². The lowest BCUT2D eigenvalue weighted by Gasteiger charge is -1.97. The van der Waals surface area contributed by atoms with Gasteiger partial charge in [-0.15, -0.1) is 0 Å². The van der Waals surface area contributed by atoms with Crippen LogP contribution in [0.3, 0.4) is 0 Å². The zero-order valence-electron chi connectivity index (χ0n) is 7.53. The molecule has 0 aromatic heterocycles. The average Bonchev–Trinajstić information content (AvgIpc) is 1.97. The molecule has 0 saturated carbocycles. The summed E-state index contributed by atoms with van der Waals surface area (Å²) in [5.74, 6) is 0. The van der Waals surface area contributed by atoms with Crippen molar-refractivity contribution in [3.8, 4) is 0 Å². The van der Waals surface area contributed by atoms with Crippen molar-refractivity contribution in [1.82, 2.24) is 0 Å². The highest BCUT2D eigenvalue weighted by molar-refractivity contribution is 6.91. The van der Waals surface area contributed by atoms with Gasteiger partial charge in [-0.25, -0.2) is 0 Å². The summed E-state index contributed by atoms with van der Waals surface area (Å²) in [6, 6.07) is 2.58. The van der Waals surface area contributed by atoms with Crippen LogP contribution in [0.4, 0.5) is 0 Å². The number of rotatable bonds is 7. The van der Waals surface area contributed by atoms with Crippen molar-refractivity contribution in [3.63, 3.8) is 0 Å². The topological polar surface area (TPSA) is 0 Å². The number of hydrogen-bond acceptors (Lipinski definition) is 0. The van der Waals surface area contributed by atoms with Gasteiger partial charge in [-0.3, -0.25) is 0 Å². The maximum absolute atomic E-state index is 2.58. The largest absolute Gasteiger partial charge is 0.0654 e. The summed E-state index contributed by atoms with van der Waals surface area (Å²) in [6.45, 7) is 2.27. The summed E-state index contributed by atoms with van der Waals surface area (Å²) in [4.78, 5) is 0. The van der Waals surface area contributed by atoms with Crippen molar-refractivity contribution in [2.75, 3.05) is 0 Å². The third-order valence-corrected chi connectivity index (χ3v) is 4.52. The van der Waals surface area contributed by atoms with Crippen molar-refractivity contribution >= 4 is 18.8 Å². The van der Waals surface area contributed by atoms with E-state index in [9.17, 15) is 0 Å². The van der Waals surface area contributed by atoms with Gasteiger partial charge >= 0.3 is 0 Å². The Labute approximate surface area is 70.8 Å². The van der Waals surface area contributed by atoms with Crippen molar-refractivity contribution in [2.45, 2.75) is 45.4 Å². The smallest absolute Gasteiger partial charge is 0.00790 e. The monoisotopic (exact) mass is 173 g/mol. The fourth-order valence-electron chi connectivity index (χ4n) is 1.10. The second-order valence-electron chi connectivity index (χ2n) is 2.90. The van der Waals surface area contributed by atoms with Crippen molar-refractivity contribution in [1.29, 1.82) is 0 Å². The summed E-state index contributed by atoms with van der Waals surface area (Å²) in [6.07, 6.45) is 8.65. The van der Waals surface area contributed by atoms with E-state index in [4.69, 9.17) is 0 Å². The maximum atomic E-state index is 2.58. The summed E-state index contributed by atoms with van der Waals surface area (Å²) < 4.78 is 0. The normalized spacial score (nSPS) is 11.7. The zero-order chi connectivity index (χ0) is 7.66. The fraction of sp³-hybridized carbons (Fsp3) is 0.875. The molecule has 0 unspecified atom stereocenters. The molecule has 0 fully saturated rings. The molecule has 1 radical (unpaired) electrons. The van der Waals surface area contributed by atoms with Crippen molar-refractivity contribution in [2.24, 2.45) is 0 Å². The molecule has 0 aliphatic heterocycles. The second-order valence-corrected chi connectivity index (χ2v) is 6.74. The third kappa shape index (κ3) is 8.43. The van der Waals surface area contributed by atoms with Gasteiger partial charge in [0.15, 0.2) is 0 Å². The van der Waals surface area contributed by atoms with E-state index >= 15 is 0 Å². The van der Waals surface area contributed by atoms with E-state index in [2.05, 4.69) is 13.0 Å². The summed E-state index contributed by atoms with van der Waals surface area (Å²) >= 11 is 0. The Hall–Kier alpha value is 0.434. The first-order valence-corrected chi connectivity index (χ1v) is 11.2. The first-order valence-electron chi connectivity index (χ1n) is 4.73. The van der Waals surface area contributed by atoms with Gasteiger partial charge in [0.25, 0.3) is 0 Å². The van der Waals surface area contributed by atoms with Gasteiger partial charge in [0.2, 0.25) is 0 Å². The molecular weight excluding hydrogens is 152 g/mol. The highest BCUT2D eigenvalue weighted by Crippen LogP contribution is 2.05. The van der Waals surface area contributed by atoms with Gasteiger partial charge in [0, 0.05) is 9.04 Å². The highest BCUT2D eigenvalue weighted by Gasteiger charge is 1.88. The van der Waals surface area contributed by atoms with E-state index in [0.717, 1.165) is 0 Å². The van der Waals surface area contributed by atoms with Crippen LogP contribution in [0.5, 0.6) is 0 Å². The molecule has 0 atom stereocenters. The number of hydrogen-bond donors (Lipinski definition) is 0. The minimum Gasteiger partial charge on any atom is -0.0654 e. The maximum Gasteiger partial charge on any atom is 0.00790 e. The molecule has 0 N–H and O–H groups in total. The van der Waals surface area contributed by atoms with Crippen LogP contribution >= 0.6 is 0 Å². The Balaban J connectivity index is 2.65. The third-order valence-electron chi connectivity index (χ3n) is 1.80. The highest BCUT2D eigenvalue weighted by atomic mass is 29.1. The molecule has 0 aliphatic carbocycles. The lowest BCUT2D eigenvalue weighted by molar-refractivity contribution is 0.634. The Bertz CT molecular complexity index is 47.2. The molecule has 61 valence electrons. The van der Waals surface area contributed by atoms with Crippen LogP contribution in [-0.4, -0.2) is 18.8 Å². The Morgan fingerprint density at radius 2 is 1.90 bits per heavy atom. The van der Waals surface area contributed by atoms with Crippen LogP contribution in [0.1, 0.15) is 45.4 Å². The quantitative estimate of drug-likeness (QED) is 0.397. The standard InChI is InChI=1S/C8H21Si2/c1-2-3-4-5-6-7-8-10-9/h8H,2-7,10H2,1,9H3. The van der Waals surface area contributed by atoms with Gasteiger partial charge in [0.1, 0.15) is 0 Å². The first-order chi connectivity index (χ1) is 4.91. The lowest BCUT2D eigenvalue weighted by atomic mass is 10.1. The lowest BCUT2D eigenvalue weighted by Crippen LogP contribution is -1.89. The zero-order valence-corrected chi connectivity index (χ0v) is 10.9. The van der Waals surface area contributed by atoms with E-state index in [-0.39, 0.29) is 0 Å². The summed E-state index contributed by atoms with van der Waals surface area (Å²) in [5.41, 5.74) is 0. The molecule has 0 aromatic carbocycles. The van der Waals surface area contributed by atoms with Gasteiger partial charge < -0.3 is 0 Å². The van der Waals surface area contributed by atoms with Gasteiger partial charge in [-0.05, 0) is 9.76 Å². The molecular formula is C8H21Si2. The average molecular weight is 173 g/mol. The molecule has 0 bridgehead atoms. The minimum absolute atomic E-state index is 0.388. The van der Waals surface area contributed by atoms with Crippen LogP contribution in [0, 0.1) is 6.04 Å². The van der Waals surface area contributed by atoms with E-state index < -0.39 is 0 Å². The molecule has 10 heavy (non-hydrogen) atoms. The van der Waals surface area contributed by atoms with E-state index in [1.165, 1.54) is 48.3 Å². The summed E-state index contributed by atoms with van der Waals surface area (Å²) in [5, 5.41) is 0. The van der Waals surface area contributed by atoms with Crippen molar-refractivity contribution in [3.05, 3.63) is 6.04 Å². The molecule has 0 spiro atoms. The molecule has 0 aromatic rings. The molecule has 0 rings (SSSR count). The molecule has 2 heteroatoms. The predicted molar refractivity (Wildman–Crippen MR) is 56.2 cm³/mol. The Morgan fingerprint density at radius 3 is 2.50 bits per heavy atom. The van der Waals surface area contributed by atoms with Crippen LogP contribution in [-0.2, 0) is 0 Å². The molecule has 0 amide bonds. The van der Waals surface area contributed by atoms with Crippen LogP contribution in [0.25, 0.3) is 0 Å². The predicted octanol–water partition coefficient (Wildman–Crippen LogP) is 0.958. The first kappa shape index (κ1) is 10.4. The van der Waals surface area contributed by atoms with Crippen LogP contribution in [0.2, 0.25) is 0 Å². The Kier molecular flexibility index (Phi) is 9.84. The molecule has 0 saturated heterocycles.